The Labute approximate surface area is 114 Å². The predicted molar refractivity (Wildman–Crippen MR) is 74.8 cm³/mol. The van der Waals surface area contributed by atoms with Gasteiger partial charge < -0.3 is 9.84 Å². The zero-order valence-electron chi connectivity index (χ0n) is 12.1. The van der Waals surface area contributed by atoms with Crippen molar-refractivity contribution < 1.29 is 14.6 Å². The van der Waals surface area contributed by atoms with E-state index in [0.717, 1.165) is 17.7 Å². The van der Waals surface area contributed by atoms with Crippen LogP contribution in [0, 0.1) is 12.8 Å². The average molecular weight is 262 g/mol. The number of carbonyl (C=O) groups is 1. The molecule has 0 saturated carbocycles. The number of benzene rings is 1. The molecule has 1 unspecified atom stereocenters. The van der Waals surface area contributed by atoms with Crippen molar-refractivity contribution in [1.29, 1.82) is 0 Å². The number of rotatable bonds is 2. The van der Waals surface area contributed by atoms with E-state index in [1.807, 2.05) is 0 Å². The van der Waals surface area contributed by atoms with Crippen LogP contribution in [0.2, 0.25) is 0 Å². The second kappa shape index (κ2) is 4.87. The van der Waals surface area contributed by atoms with Gasteiger partial charge in [-0.3, -0.25) is 4.79 Å². The minimum absolute atomic E-state index is 0.0374. The Morgan fingerprint density at radius 1 is 1.42 bits per heavy atom. The minimum Gasteiger partial charge on any atom is -0.493 e. The first-order valence-electron chi connectivity index (χ1n) is 6.76. The molecular weight excluding hydrogens is 240 g/mol. The van der Waals surface area contributed by atoms with Crippen molar-refractivity contribution in [2.24, 2.45) is 5.92 Å². The van der Waals surface area contributed by atoms with Crippen LogP contribution in [0.4, 0.5) is 0 Å². The maximum Gasteiger partial charge on any atom is 0.303 e. The summed E-state index contributed by atoms with van der Waals surface area (Å²) >= 11 is 0. The predicted octanol–water partition coefficient (Wildman–Crippen LogP) is 3.32. The quantitative estimate of drug-likeness (QED) is 0.889. The topological polar surface area (TPSA) is 46.5 Å². The van der Waals surface area contributed by atoms with Crippen LogP contribution in [-0.4, -0.2) is 17.7 Å². The van der Waals surface area contributed by atoms with Gasteiger partial charge >= 0.3 is 5.97 Å². The van der Waals surface area contributed by atoms with Gasteiger partial charge in [-0.25, -0.2) is 0 Å². The van der Waals surface area contributed by atoms with Gasteiger partial charge in [0.2, 0.25) is 0 Å². The van der Waals surface area contributed by atoms with Crippen molar-refractivity contribution in [1.82, 2.24) is 0 Å². The van der Waals surface area contributed by atoms with Crippen molar-refractivity contribution >= 4 is 5.97 Å². The van der Waals surface area contributed by atoms with Crippen LogP contribution >= 0.6 is 0 Å². The summed E-state index contributed by atoms with van der Waals surface area (Å²) in [5.74, 6) is 0.306. The number of aliphatic carboxylic acids is 1. The van der Waals surface area contributed by atoms with Crippen molar-refractivity contribution in [3.8, 4) is 5.75 Å². The van der Waals surface area contributed by atoms with Crippen molar-refractivity contribution in [2.75, 3.05) is 6.61 Å². The Morgan fingerprint density at radius 2 is 2.11 bits per heavy atom. The Bertz CT molecular complexity index is 497. The maximum atomic E-state index is 10.8. The fourth-order valence-corrected chi connectivity index (χ4v) is 2.68. The lowest BCUT2D eigenvalue weighted by Crippen LogP contribution is -2.26. The van der Waals surface area contributed by atoms with Crippen LogP contribution in [0.1, 0.15) is 43.9 Å². The van der Waals surface area contributed by atoms with E-state index >= 15 is 0 Å². The second-order valence-corrected chi connectivity index (χ2v) is 6.53. The summed E-state index contributed by atoms with van der Waals surface area (Å²) in [5, 5.41) is 8.90. The van der Waals surface area contributed by atoms with Crippen LogP contribution < -0.4 is 4.74 Å². The third-order valence-electron chi connectivity index (χ3n) is 3.55. The molecule has 1 atom stereocenters. The third kappa shape index (κ3) is 3.09. The molecule has 1 heterocycles. The van der Waals surface area contributed by atoms with Gasteiger partial charge in [-0.1, -0.05) is 38.5 Å². The van der Waals surface area contributed by atoms with E-state index in [1.165, 1.54) is 11.1 Å². The molecule has 1 aliphatic heterocycles. The van der Waals surface area contributed by atoms with Gasteiger partial charge in [0, 0.05) is 11.5 Å². The van der Waals surface area contributed by atoms with Gasteiger partial charge in [-0.05, 0) is 24.3 Å². The molecule has 19 heavy (non-hydrogen) atoms. The van der Waals surface area contributed by atoms with Crippen LogP contribution in [0.5, 0.6) is 5.75 Å². The van der Waals surface area contributed by atoms with Crippen molar-refractivity contribution in [3.05, 3.63) is 28.8 Å². The molecule has 104 valence electrons. The molecule has 3 nitrogen and oxygen atoms in total. The fourth-order valence-electron chi connectivity index (χ4n) is 2.68. The summed E-state index contributed by atoms with van der Waals surface area (Å²) in [7, 11) is 0. The number of fused-ring (bicyclic) bond motifs is 1. The third-order valence-corrected chi connectivity index (χ3v) is 3.55. The smallest absolute Gasteiger partial charge is 0.303 e. The SMILES string of the molecule is Cc1cc2c(c(C(C)(C)C)c1)OCC(CC(=O)O)C2. The Kier molecular flexibility index (Phi) is 3.57. The highest BCUT2D eigenvalue weighted by atomic mass is 16.5. The molecule has 0 spiro atoms. The molecule has 0 radical (unpaired) electrons. The Balaban J connectivity index is 2.36. The lowest BCUT2D eigenvalue weighted by atomic mass is 9.81. The van der Waals surface area contributed by atoms with E-state index < -0.39 is 5.97 Å². The molecule has 0 saturated heterocycles. The van der Waals surface area contributed by atoms with Gasteiger partial charge in [0.15, 0.2) is 0 Å². The zero-order valence-corrected chi connectivity index (χ0v) is 12.1. The van der Waals surface area contributed by atoms with Gasteiger partial charge in [-0.2, -0.15) is 0 Å². The molecule has 1 N–H and O–H groups in total. The average Bonchev–Trinajstić information content (AvgIpc) is 2.25. The number of hydrogen-bond donors (Lipinski definition) is 1. The van der Waals surface area contributed by atoms with E-state index in [0.29, 0.717) is 6.61 Å². The first-order chi connectivity index (χ1) is 8.77. The molecule has 1 aromatic carbocycles. The normalized spacial score (nSPS) is 18.6. The van der Waals surface area contributed by atoms with Crippen LogP contribution in [0.3, 0.4) is 0 Å². The molecule has 0 fully saturated rings. The van der Waals surface area contributed by atoms with Gasteiger partial charge in [0.05, 0.1) is 13.0 Å². The van der Waals surface area contributed by atoms with Gasteiger partial charge in [0.25, 0.3) is 0 Å². The second-order valence-electron chi connectivity index (χ2n) is 6.53. The molecular formula is C16H22O3. The Hall–Kier alpha value is -1.51. The highest BCUT2D eigenvalue weighted by Crippen LogP contribution is 2.39. The van der Waals surface area contributed by atoms with Crippen LogP contribution in [-0.2, 0) is 16.6 Å². The number of aryl methyl sites for hydroxylation is 1. The highest BCUT2D eigenvalue weighted by molar-refractivity contribution is 5.67. The molecule has 0 amide bonds. The lowest BCUT2D eigenvalue weighted by Gasteiger charge is -2.31. The van der Waals surface area contributed by atoms with Crippen LogP contribution in [0.15, 0.2) is 12.1 Å². The Morgan fingerprint density at radius 3 is 2.68 bits per heavy atom. The molecule has 1 aliphatic rings. The fraction of sp³-hybridized carbons (Fsp3) is 0.562. The molecule has 2 rings (SSSR count). The van der Waals surface area contributed by atoms with E-state index in [2.05, 4.69) is 39.8 Å². The maximum absolute atomic E-state index is 10.8. The van der Waals surface area contributed by atoms with Crippen molar-refractivity contribution in [2.45, 2.75) is 46.0 Å². The van der Waals surface area contributed by atoms with Gasteiger partial charge in [0.1, 0.15) is 5.75 Å². The summed E-state index contributed by atoms with van der Waals surface area (Å²) in [4.78, 5) is 10.8. The monoisotopic (exact) mass is 262 g/mol. The summed E-state index contributed by atoms with van der Waals surface area (Å²) < 4.78 is 5.89. The van der Waals surface area contributed by atoms with Gasteiger partial charge in [-0.15, -0.1) is 0 Å². The number of carboxylic acid groups (broad SMARTS) is 1. The standard InChI is InChI=1S/C16H22O3/c1-10-5-12-7-11(8-14(17)18)9-19-15(12)13(6-10)16(2,3)4/h5-6,11H,7-9H2,1-4H3,(H,17,18). The highest BCUT2D eigenvalue weighted by Gasteiger charge is 2.28. The first-order valence-corrected chi connectivity index (χ1v) is 6.76. The number of ether oxygens (including phenoxy) is 1. The molecule has 0 bridgehead atoms. The van der Waals surface area contributed by atoms with E-state index in [1.54, 1.807) is 0 Å². The minimum atomic E-state index is -0.749. The largest absolute Gasteiger partial charge is 0.493 e. The summed E-state index contributed by atoms with van der Waals surface area (Å²) in [6.07, 6.45) is 0.977. The van der Waals surface area contributed by atoms with Crippen LogP contribution in [0.25, 0.3) is 0 Å². The zero-order chi connectivity index (χ0) is 14.2. The molecule has 0 aromatic heterocycles. The van der Waals surface area contributed by atoms with E-state index in [4.69, 9.17) is 9.84 Å². The van der Waals surface area contributed by atoms with E-state index in [-0.39, 0.29) is 17.8 Å². The summed E-state index contributed by atoms with van der Waals surface area (Å²) in [5.41, 5.74) is 3.62. The summed E-state index contributed by atoms with van der Waals surface area (Å²) in [6.45, 7) is 9.11. The molecule has 1 aromatic rings. The number of hydrogen-bond acceptors (Lipinski definition) is 2. The summed E-state index contributed by atoms with van der Waals surface area (Å²) in [6, 6.07) is 4.30. The number of carboxylic acids is 1. The van der Waals surface area contributed by atoms with E-state index in [9.17, 15) is 4.79 Å². The lowest BCUT2D eigenvalue weighted by molar-refractivity contribution is -0.138. The van der Waals surface area contributed by atoms with Crippen molar-refractivity contribution in [3.63, 3.8) is 0 Å². The first kappa shape index (κ1) is 13.9. The molecule has 0 aliphatic carbocycles. The molecule has 3 heteroatoms.